The van der Waals surface area contributed by atoms with E-state index in [2.05, 4.69) is 61.0 Å². The summed E-state index contributed by atoms with van der Waals surface area (Å²) in [6.07, 6.45) is 7.14. The van der Waals surface area contributed by atoms with Crippen molar-refractivity contribution in [2.75, 3.05) is 56.9 Å². The number of benzene rings is 3. The van der Waals surface area contributed by atoms with Gasteiger partial charge in [-0.25, -0.2) is 9.97 Å². The van der Waals surface area contributed by atoms with Gasteiger partial charge >= 0.3 is 0 Å². The maximum atomic E-state index is 12.3. The molecule has 0 bridgehead atoms. The fourth-order valence-corrected chi connectivity index (χ4v) is 5.99. The molecule has 3 N–H and O–H groups in total. The minimum absolute atomic E-state index is 0.0666. The Balaban J connectivity index is 0.000000407. The van der Waals surface area contributed by atoms with E-state index in [0.717, 1.165) is 53.6 Å². The van der Waals surface area contributed by atoms with Crippen LogP contribution in [0.1, 0.15) is 30.0 Å². The molecule has 0 radical (unpaired) electrons. The molecule has 0 spiro atoms. The summed E-state index contributed by atoms with van der Waals surface area (Å²) in [7, 11) is 3.55. The molecule has 6 rings (SSSR count). The van der Waals surface area contributed by atoms with Crippen LogP contribution in [0.25, 0.3) is 22.2 Å². The zero-order chi connectivity index (χ0) is 37.6. The van der Waals surface area contributed by atoms with Gasteiger partial charge in [0.1, 0.15) is 11.8 Å². The maximum absolute atomic E-state index is 12.3. The predicted octanol–water partition coefficient (Wildman–Crippen LogP) is 6.42. The van der Waals surface area contributed by atoms with Crippen LogP contribution < -0.4 is 20.3 Å². The van der Waals surface area contributed by atoms with Crippen molar-refractivity contribution in [1.82, 2.24) is 19.4 Å². The predicted molar refractivity (Wildman–Crippen MR) is 204 cm³/mol. The first-order valence-electron chi connectivity index (χ1n) is 16.5. The van der Waals surface area contributed by atoms with Gasteiger partial charge in [0.2, 0.25) is 11.9 Å². The largest absolute Gasteiger partial charge is 0.494 e. The molecule has 1 aliphatic carbocycles. The van der Waals surface area contributed by atoms with Crippen molar-refractivity contribution in [3.63, 3.8) is 0 Å². The molecule has 2 heterocycles. The monoisotopic (exact) mass is 722 g/mol. The molecule has 1 saturated carbocycles. The number of nitriles is 1. The lowest BCUT2D eigenvalue weighted by Gasteiger charge is -2.26. The number of hydrogen-bond acceptors (Lipinski definition) is 10. The van der Waals surface area contributed by atoms with Gasteiger partial charge in [0, 0.05) is 54.9 Å². The number of carbonyl (C=O) groups is 1. The molecule has 0 saturated heterocycles. The quantitative estimate of drug-likeness (QED) is 0.0961. The molecular formula is C38H42N8O5S. The lowest BCUT2D eigenvalue weighted by molar-refractivity contribution is -0.111. The van der Waals surface area contributed by atoms with Gasteiger partial charge in [-0.05, 0) is 64.2 Å². The second-order valence-corrected chi connectivity index (χ2v) is 14.1. The van der Waals surface area contributed by atoms with Crippen molar-refractivity contribution in [2.45, 2.75) is 30.7 Å². The number of methoxy groups -OCH3 is 1. The molecule has 1 amide bonds. The van der Waals surface area contributed by atoms with Crippen molar-refractivity contribution in [2.24, 2.45) is 0 Å². The van der Waals surface area contributed by atoms with Crippen molar-refractivity contribution in [1.29, 1.82) is 5.26 Å². The average Bonchev–Trinajstić information content (AvgIpc) is 3.90. The molecule has 270 valence electrons. The Morgan fingerprint density at radius 1 is 1.12 bits per heavy atom. The Hall–Kier alpha value is -5.75. The summed E-state index contributed by atoms with van der Waals surface area (Å²) >= 11 is 0. The summed E-state index contributed by atoms with van der Waals surface area (Å²) < 4.78 is 37.6. The van der Waals surface area contributed by atoms with Crippen LogP contribution >= 0.6 is 0 Å². The van der Waals surface area contributed by atoms with E-state index in [1.165, 1.54) is 24.4 Å². The van der Waals surface area contributed by atoms with E-state index in [4.69, 9.17) is 14.3 Å². The highest BCUT2D eigenvalue weighted by molar-refractivity contribution is 7.85. The Bertz CT molecular complexity index is 2240. The molecule has 1 fully saturated rings. The molecule has 0 unspecified atom stereocenters. The Morgan fingerprint density at radius 2 is 1.83 bits per heavy atom. The van der Waals surface area contributed by atoms with Gasteiger partial charge in [0.15, 0.2) is 0 Å². The van der Waals surface area contributed by atoms with E-state index in [0.29, 0.717) is 40.4 Å². The van der Waals surface area contributed by atoms with Crippen LogP contribution in [0.5, 0.6) is 5.75 Å². The fraction of sp³-hybridized carbons (Fsp3) is 0.263. The molecule has 5 aromatic rings. The lowest BCUT2D eigenvalue weighted by Crippen LogP contribution is -2.29. The van der Waals surface area contributed by atoms with Crippen molar-refractivity contribution in [3.05, 3.63) is 96.8 Å². The highest BCUT2D eigenvalue weighted by Gasteiger charge is 2.27. The van der Waals surface area contributed by atoms with Crippen LogP contribution in [0.4, 0.5) is 23.0 Å². The number of rotatable bonds is 12. The number of amides is 1. The number of carbonyl (C=O) groups excluding carboxylic acids is 1. The zero-order valence-electron chi connectivity index (χ0n) is 29.8. The highest BCUT2D eigenvalue weighted by atomic mass is 32.2. The van der Waals surface area contributed by atoms with Crippen LogP contribution in [-0.4, -0.2) is 79.7 Å². The Kier molecular flexibility index (Phi) is 11.6. The van der Waals surface area contributed by atoms with Crippen LogP contribution in [-0.2, 0) is 14.9 Å². The van der Waals surface area contributed by atoms with E-state index in [9.17, 15) is 18.5 Å². The van der Waals surface area contributed by atoms with Crippen molar-refractivity contribution >= 4 is 49.9 Å². The first kappa shape index (κ1) is 37.5. The molecule has 14 heteroatoms. The molecule has 13 nitrogen and oxygen atoms in total. The third-order valence-electron chi connectivity index (χ3n) is 8.47. The molecule has 0 atom stereocenters. The van der Waals surface area contributed by atoms with Crippen LogP contribution in [0.3, 0.4) is 0 Å². The molecule has 52 heavy (non-hydrogen) atoms. The fourth-order valence-electron chi connectivity index (χ4n) is 5.51. The van der Waals surface area contributed by atoms with Gasteiger partial charge < -0.3 is 29.7 Å². The van der Waals surface area contributed by atoms with E-state index in [1.807, 2.05) is 46.3 Å². The standard InChI is InChI=1S/C31H34N8O2.C7H8O3S/c1-6-29(40)34-24-15-25(28(41-5)16-27(24)38(4)14-13-37(2)3)35-31-33-18-20(17-32)30(36-31)23-19-39(21-11-12-21)26-10-8-7-9-22(23)26;1-6-2-4-7(5-3-6)11(8,9)10/h6-10,15-16,18-19,21H,1,11-14H2,2-5H3,(H,34,40)(H,33,35,36);2-5H,1H3,(H,8,9,10). The molecule has 2 aromatic heterocycles. The first-order chi connectivity index (χ1) is 24.8. The molecule has 0 aliphatic heterocycles. The number of para-hydroxylation sites is 1. The second-order valence-electron chi connectivity index (χ2n) is 12.7. The second kappa shape index (κ2) is 16.1. The summed E-state index contributed by atoms with van der Waals surface area (Å²) in [4.78, 5) is 25.6. The van der Waals surface area contributed by atoms with Crippen LogP contribution in [0, 0.1) is 18.3 Å². The van der Waals surface area contributed by atoms with Crippen molar-refractivity contribution in [3.8, 4) is 23.1 Å². The SMILES string of the molecule is C=CC(=O)Nc1cc(Nc2ncc(C#N)c(-c3cn(C4CC4)c4ccccc34)n2)c(OC)cc1N(C)CCN(C)C.Cc1ccc(S(=O)(=O)O)cc1. The average molecular weight is 723 g/mol. The number of anilines is 4. The minimum Gasteiger partial charge on any atom is -0.494 e. The molecule has 3 aromatic carbocycles. The van der Waals surface area contributed by atoms with Gasteiger partial charge in [-0.1, -0.05) is 42.5 Å². The van der Waals surface area contributed by atoms with E-state index >= 15 is 0 Å². The minimum atomic E-state index is -4.02. The summed E-state index contributed by atoms with van der Waals surface area (Å²) in [6, 6.07) is 20.6. The molecule has 1 aliphatic rings. The summed E-state index contributed by atoms with van der Waals surface area (Å²) in [5.74, 6) is 0.524. The van der Waals surface area contributed by atoms with Gasteiger partial charge in [0.05, 0.1) is 46.5 Å². The van der Waals surface area contributed by atoms with Crippen LogP contribution in [0.15, 0.2) is 90.6 Å². The lowest BCUT2D eigenvalue weighted by atomic mass is 10.1. The topological polar surface area (TPSA) is 166 Å². The van der Waals surface area contributed by atoms with Crippen molar-refractivity contribution < 1.29 is 22.5 Å². The van der Waals surface area contributed by atoms with E-state index in [1.54, 1.807) is 25.3 Å². The number of fused-ring (bicyclic) bond motifs is 1. The number of aromatic nitrogens is 3. The highest BCUT2D eigenvalue weighted by Crippen LogP contribution is 2.42. The van der Waals surface area contributed by atoms with Gasteiger partial charge in [-0.15, -0.1) is 0 Å². The third-order valence-corrected chi connectivity index (χ3v) is 9.33. The zero-order valence-corrected chi connectivity index (χ0v) is 30.6. The van der Waals surface area contributed by atoms with Crippen LogP contribution in [0.2, 0.25) is 0 Å². The number of ether oxygens (including phenoxy) is 1. The smallest absolute Gasteiger partial charge is 0.294 e. The number of nitrogens with one attached hydrogen (secondary N) is 2. The maximum Gasteiger partial charge on any atom is 0.294 e. The number of nitrogens with zero attached hydrogens (tertiary/aromatic N) is 6. The Morgan fingerprint density at radius 3 is 2.44 bits per heavy atom. The number of likely N-dealkylation sites (N-methyl/N-ethyl adjacent to an activating group) is 2. The third kappa shape index (κ3) is 8.93. The van der Waals surface area contributed by atoms with Gasteiger partial charge in [0.25, 0.3) is 10.1 Å². The van der Waals surface area contributed by atoms with E-state index in [-0.39, 0.29) is 10.8 Å². The van der Waals surface area contributed by atoms with Gasteiger partial charge in [-0.2, -0.15) is 13.7 Å². The van der Waals surface area contributed by atoms with Gasteiger partial charge in [-0.3, -0.25) is 9.35 Å². The summed E-state index contributed by atoms with van der Waals surface area (Å²) in [5, 5.41) is 17.1. The normalized spacial score (nSPS) is 12.4. The van der Waals surface area contributed by atoms with E-state index < -0.39 is 10.1 Å². The summed E-state index contributed by atoms with van der Waals surface area (Å²) in [5.41, 5.74) is 5.85. The summed E-state index contributed by atoms with van der Waals surface area (Å²) in [6.45, 7) is 6.99. The number of hydrogen-bond donors (Lipinski definition) is 3. The first-order valence-corrected chi connectivity index (χ1v) is 18.0. The number of aryl methyl sites for hydroxylation is 1. The Labute approximate surface area is 303 Å². The molecular weight excluding hydrogens is 681 g/mol.